The van der Waals surface area contributed by atoms with Crippen molar-refractivity contribution in [2.24, 2.45) is 0 Å². The molecule has 0 aliphatic carbocycles. The standard InChI is InChI=1S/C9H10ClNO3/c1-4-6(10)3-5(9(12)13)8(14-2)7(4)11/h3H,11H2,1-2H3,(H,12,13). The molecule has 1 aromatic rings. The van der Waals surface area contributed by atoms with E-state index in [0.717, 1.165) is 0 Å². The highest BCUT2D eigenvalue weighted by atomic mass is 35.5. The van der Waals surface area contributed by atoms with Crippen LogP contribution in [0, 0.1) is 6.92 Å². The van der Waals surface area contributed by atoms with Gasteiger partial charge in [-0.1, -0.05) is 11.6 Å². The maximum absolute atomic E-state index is 10.8. The summed E-state index contributed by atoms with van der Waals surface area (Å²) in [4.78, 5) is 10.8. The number of rotatable bonds is 2. The zero-order chi connectivity index (χ0) is 10.9. The summed E-state index contributed by atoms with van der Waals surface area (Å²) in [7, 11) is 1.37. The molecule has 1 rings (SSSR count). The Balaban J connectivity index is 3.51. The zero-order valence-corrected chi connectivity index (χ0v) is 8.55. The van der Waals surface area contributed by atoms with Crippen LogP contribution in [0.3, 0.4) is 0 Å². The van der Waals surface area contributed by atoms with Crippen LogP contribution in [0.1, 0.15) is 15.9 Å². The number of aromatic carboxylic acids is 1. The topological polar surface area (TPSA) is 72.5 Å². The number of nitrogen functional groups attached to an aromatic ring is 1. The van der Waals surface area contributed by atoms with Crippen molar-refractivity contribution >= 4 is 23.3 Å². The molecule has 0 spiro atoms. The largest absolute Gasteiger partial charge is 0.494 e. The first-order valence-corrected chi connectivity index (χ1v) is 4.22. The fraction of sp³-hybridized carbons (Fsp3) is 0.222. The lowest BCUT2D eigenvalue weighted by Gasteiger charge is -2.11. The molecule has 0 saturated heterocycles. The second-order valence-corrected chi connectivity index (χ2v) is 3.19. The molecule has 0 heterocycles. The van der Waals surface area contributed by atoms with Crippen LogP contribution in [0.5, 0.6) is 5.75 Å². The Hall–Kier alpha value is -1.42. The van der Waals surface area contributed by atoms with Gasteiger partial charge in [0, 0.05) is 5.02 Å². The summed E-state index contributed by atoms with van der Waals surface area (Å²) in [6, 6.07) is 1.33. The number of hydrogen-bond acceptors (Lipinski definition) is 3. The van der Waals surface area contributed by atoms with Crippen molar-refractivity contribution in [1.29, 1.82) is 0 Å². The van der Waals surface area contributed by atoms with Crippen LogP contribution >= 0.6 is 11.6 Å². The van der Waals surface area contributed by atoms with E-state index in [0.29, 0.717) is 10.6 Å². The van der Waals surface area contributed by atoms with Crippen molar-refractivity contribution in [2.75, 3.05) is 12.8 Å². The van der Waals surface area contributed by atoms with Gasteiger partial charge in [0.1, 0.15) is 5.56 Å². The molecule has 0 aromatic heterocycles. The Morgan fingerprint density at radius 3 is 2.64 bits per heavy atom. The molecule has 3 N–H and O–H groups in total. The van der Waals surface area contributed by atoms with Crippen molar-refractivity contribution in [3.05, 3.63) is 22.2 Å². The number of methoxy groups -OCH3 is 1. The number of carbonyl (C=O) groups is 1. The first-order valence-electron chi connectivity index (χ1n) is 3.85. The van der Waals surface area contributed by atoms with Crippen molar-refractivity contribution in [1.82, 2.24) is 0 Å². The lowest BCUT2D eigenvalue weighted by molar-refractivity contribution is 0.0693. The van der Waals surface area contributed by atoms with Gasteiger partial charge in [0.15, 0.2) is 5.75 Å². The third kappa shape index (κ3) is 1.61. The van der Waals surface area contributed by atoms with E-state index < -0.39 is 5.97 Å². The van der Waals surface area contributed by atoms with Gasteiger partial charge in [0.2, 0.25) is 0 Å². The highest BCUT2D eigenvalue weighted by Gasteiger charge is 2.17. The van der Waals surface area contributed by atoms with Gasteiger partial charge in [0.05, 0.1) is 12.8 Å². The fourth-order valence-electron chi connectivity index (χ4n) is 1.12. The van der Waals surface area contributed by atoms with E-state index in [-0.39, 0.29) is 17.0 Å². The van der Waals surface area contributed by atoms with Crippen LogP contribution in [0.25, 0.3) is 0 Å². The molecule has 0 bridgehead atoms. The highest BCUT2D eigenvalue weighted by Crippen LogP contribution is 2.34. The third-order valence-corrected chi connectivity index (χ3v) is 2.35. The monoisotopic (exact) mass is 215 g/mol. The molecule has 76 valence electrons. The number of hydrogen-bond donors (Lipinski definition) is 2. The number of carboxylic acid groups (broad SMARTS) is 1. The molecule has 0 saturated carbocycles. The van der Waals surface area contributed by atoms with Crippen molar-refractivity contribution in [2.45, 2.75) is 6.92 Å². The van der Waals surface area contributed by atoms with Gasteiger partial charge in [0.25, 0.3) is 0 Å². The first kappa shape index (κ1) is 10.7. The number of halogens is 1. The summed E-state index contributed by atoms with van der Waals surface area (Å²) in [5.41, 5.74) is 6.51. The Morgan fingerprint density at radius 2 is 2.21 bits per heavy atom. The molecular formula is C9H10ClNO3. The maximum Gasteiger partial charge on any atom is 0.339 e. The summed E-state index contributed by atoms with van der Waals surface area (Å²) in [5, 5.41) is 9.16. The fourth-order valence-corrected chi connectivity index (χ4v) is 1.33. The molecule has 5 heteroatoms. The Labute approximate surface area is 86.2 Å². The lowest BCUT2D eigenvalue weighted by Crippen LogP contribution is -2.05. The van der Waals surface area contributed by atoms with Crippen molar-refractivity contribution in [3.63, 3.8) is 0 Å². The second kappa shape index (κ2) is 3.75. The number of carboxylic acids is 1. The molecule has 4 nitrogen and oxygen atoms in total. The van der Waals surface area contributed by atoms with E-state index in [1.807, 2.05) is 0 Å². The van der Waals surface area contributed by atoms with Crippen LogP contribution in [-0.2, 0) is 0 Å². The molecule has 0 unspecified atom stereocenters. The number of benzene rings is 1. The molecule has 0 amide bonds. The maximum atomic E-state index is 10.8. The molecule has 1 aromatic carbocycles. The number of ether oxygens (including phenoxy) is 1. The van der Waals surface area contributed by atoms with Gasteiger partial charge in [-0.25, -0.2) is 4.79 Å². The van der Waals surface area contributed by atoms with Crippen LogP contribution < -0.4 is 10.5 Å². The minimum absolute atomic E-state index is 0.0272. The Kier molecular flexibility index (Phi) is 2.86. The van der Waals surface area contributed by atoms with Gasteiger partial charge in [-0.3, -0.25) is 0 Å². The Bertz CT molecular complexity index is 390. The van der Waals surface area contributed by atoms with Crippen molar-refractivity contribution in [3.8, 4) is 5.75 Å². The van der Waals surface area contributed by atoms with Crippen LogP contribution in [0.4, 0.5) is 5.69 Å². The smallest absolute Gasteiger partial charge is 0.339 e. The average Bonchev–Trinajstić information content (AvgIpc) is 2.13. The third-order valence-electron chi connectivity index (χ3n) is 1.96. The summed E-state index contributed by atoms with van der Waals surface area (Å²) < 4.78 is 4.91. The summed E-state index contributed by atoms with van der Waals surface area (Å²) >= 11 is 5.79. The highest BCUT2D eigenvalue weighted by molar-refractivity contribution is 6.32. The molecule has 0 atom stereocenters. The molecule has 0 radical (unpaired) electrons. The predicted octanol–water partition coefficient (Wildman–Crippen LogP) is 1.94. The quantitative estimate of drug-likeness (QED) is 0.740. The van der Waals surface area contributed by atoms with Gasteiger partial charge < -0.3 is 15.6 Å². The number of anilines is 1. The van der Waals surface area contributed by atoms with E-state index in [4.69, 9.17) is 27.2 Å². The molecule has 0 fully saturated rings. The van der Waals surface area contributed by atoms with Crippen LogP contribution in [0.2, 0.25) is 5.02 Å². The minimum Gasteiger partial charge on any atom is -0.494 e. The van der Waals surface area contributed by atoms with E-state index >= 15 is 0 Å². The SMILES string of the molecule is COc1c(C(=O)O)cc(Cl)c(C)c1N. The number of nitrogens with two attached hydrogens (primary N) is 1. The van der Waals surface area contributed by atoms with E-state index in [9.17, 15) is 4.79 Å². The Morgan fingerprint density at radius 1 is 1.64 bits per heavy atom. The molecular weight excluding hydrogens is 206 g/mol. The van der Waals surface area contributed by atoms with Gasteiger partial charge >= 0.3 is 5.97 Å². The summed E-state index contributed by atoms with van der Waals surface area (Å²) in [6.07, 6.45) is 0. The van der Waals surface area contributed by atoms with E-state index in [1.165, 1.54) is 13.2 Å². The predicted molar refractivity (Wildman–Crippen MR) is 54.1 cm³/mol. The second-order valence-electron chi connectivity index (χ2n) is 2.78. The summed E-state index contributed by atoms with van der Waals surface area (Å²) in [5.74, 6) is -0.963. The van der Waals surface area contributed by atoms with Gasteiger partial charge in [-0.2, -0.15) is 0 Å². The normalized spacial score (nSPS) is 9.93. The molecule has 0 aliphatic heterocycles. The lowest BCUT2D eigenvalue weighted by atomic mass is 10.1. The van der Waals surface area contributed by atoms with Crippen LogP contribution in [-0.4, -0.2) is 18.2 Å². The molecule has 0 aliphatic rings. The van der Waals surface area contributed by atoms with Gasteiger partial charge in [-0.15, -0.1) is 0 Å². The van der Waals surface area contributed by atoms with Gasteiger partial charge in [-0.05, 0) is 18.6 Å². The van der Waals surface area contributed by atoms with Crippen LogP contribution in [0.15, 0.2) is 6.07 Å². The minimum atomic E-state index is -1.12. The van der Waals surface area contributed by atoms with E-state index in [1.54, 1.807) is 6.92 Å². The molecule has 14 heavy (non-hydrogen) atoms. The first-order chi connectivity index (χ1) is 6.49. The zero-order valence-electron chi connectivity index (χ0n) is 7.80. The summed E-state index contributed by atoms with van der Waals surface area (Å²) in [6.45, 7) is 1.70. The van der Waals surface area contributed by atoms with E-state index in [2.05, 4.69) is 0 Å². The van der Waals surface area contributed by atoms with Crippen molar-refractivity contribution < 1.29 is 14.6 Å². The average molecular weight is 216 g/mol.